The van der Waals surface area contributed by atoms with Crippen LogP contribution in [0.5, 0.6) is 11.5 Å². The third-order valence-corrected chi connectivity index (χ3v) is 5.28. The van der Waals surface area contributed by atoms with E-state index in [9.17, 15) is 10.5 Å². The molecule has 1 aliphatic carbocycles. The minimum absolute atomic E-state index is 0.267. The van der Waals surface area contributed by atoms with Gasteiger partial charge in [-0.25, -0.2) is 0 Å². The Morgan fingerprint density at radius 3 is 1.35 bits per heavy atom. The molecule has 0 unspecified atom stereocenters. The monoisotopic (exact) mass is 440 g/mol. The molecule has 0 N–H and O–H groups in total. The van der Waals surface area contributed by atoms with Crippen molar-refractivity contribution in [3.63, 3.8) is 0 Å². The molecule has 0 heterocycles. The third kappa shape index (κ3) is 4.25. The van der Waals surface area contributed by atoms with Crippen LogP contribution in [0.15, 0.2) is 119 Å². The Balaban J connectivity index is 1.48. The van der Waals surface area contributed by atoms with Gasteiger partial charge >= 0.3 is 0 Å². The maximum Gasteiger partial charge on any atom is 0.206 e. The summed E-state index contributed by atoms with van der Waals surface area (Å²) in [6.07, 6.45) is 6.69. The lowest BCUT2D eigenvalue weighted by molar-refractivity contribution is 0.443. The molecule has 4 aromatic rings. The van der Waals surface area contributed by atoms with Gasteiger partial charge in [-0.3, -0.25) is 0 Å². The summed E-state index contributed by atoms with van der Waals surface area (Å²) in [5.41, 5.74) is 0.534. The first-order valence-electron chi connectivity index (χ1n) is 10.4. The summed E-state index contributed by atoms with van der Waals surface area (Å²) >= 11 is 0. The van der Waals surface area contributed by atoms with Gasteiger partial charge in [-0.15, -0.1) is 0 Å². The maximum atomic E-state index is 9.23. The molecule has 0 saturated heterocycles. The normalized spacial score (nSPS) is 15.5. The van der Waals surface area contributed by atoms with Gasteiger partial charge in [0.1, 0.15) is 22.9 Å². The SMILES string of the molecule is N#C/N=C1C=C(Oc2ccc3ccccc3c2)/C(=N\C#N)C=C/1Oc1ccc2ccccc2c1. The molecule has 0 spiro atoms. The van der Waals surface area contributed by atoms with Crippen LogP contribution in [0.25, 0.3) is 21.5 Å². The Kier molecular flexibility index (Phi) is 5.55. The van der Waals surface area contributed by atoms with E-state index >= 15 is 0 Å². The molecular formula is C28H16N4O2. The fourth-order valence-electron chi connectivity index (χ4n) is 3.70. The number of hydrogen-bond acceptors (Lipinski definition) is 6. The smallest absolute Gasteiger partial charge is 0.206 e. The van der Waals surface area contributed by atoms with Crippen LogP contribution in [0.3, 0.4) is 0 Å². The molecular weight excluding hydrogens is 424 g/mol. The molecule has 1 aliphatic rings. The average molecular weight is 440 g/mol. The summed E-state index contributed by atoms with van der Waals surface area (Å²) < 4.78 is 12.1. The van der Waals surface area contributed by atoms with Gasteiger partial charge in [-0.2, -0.15) is 20.5 Å². The Morgan fingerprint density at radius 1 is 0.529 bits per heavy atom. The lowest BCUT2D eigenvalue weighted by Gasteiger charge is -2.18. The van der Waals surface area contributed by atoms with Crippen molar-refractivity contribution in [1.29, 1.82) is 10.5 Å². The fraction of sp³-hybridized carbons (Fsp3) is 0. The molecule has 4 aromatic carbocycles. The lowest BCUT2D eigenvalue weighted by Crippen LogP contribution is -2.20. The number of ether oxygens (including phenoxy) is 2. The number of allylic oxidation sites excluding steroid dienone is 2. The van der Waals surface area contributed by atoms with Gasteiger partial charge in [0.25, 0.3) is 0 Å². The number of benzene rings is 4. The van der Waals surface area contributed by atoms with E-state index in [1.165, 1.54) is 0 Å². The minimum atomic E-state index is 0.267. The number of nitriles is 2. The number of hydrogen-bond donors (Lipinski definition) is 0. The number of rotatable bonds is 4. The maximum absolute atomic E-state index is 9.23. The summed E-state index contributed by atoms with van der Waals surface area (Å²) in [5, 5.41) is 22.7. The molecule has 6 nitrogen and oxygen atoms in total. The van der Waals surface area contributed by atoms with Crippen molar-refractivity contribution in [2.45, 2.75) is 0 Å². The lowest BCUT2D eigenvalue weighted by atomic mass is 10.1. The van der Waals surface area contributed by atoms with E-state index in [0.717, 1.165) is 21.5 Å². The highest BCUT2D eigenvalue weighted by atomic mass is 16.5. The van der Waals surface area contributed by atoms with Crippen LogP contribution < -0.4 is 9.47 Å². The van der Waals surface area contributed by atoms with Gasteiger partial charge in [-0.05, 0) is 45.8 Å². The van der Waals surface area contributed by atoms with Crippen molar-refractivity contribution in [2.24, 2.45) is 9.98 Å². The van der Waals surface area contributed by atoms with E-state index < -0.39 is 0 Å². The zero-order valence-corrected chi connectivity index (χ0v) is 17.8. The van der Waals surface area contributed by atoms with Crippen molar-refractivity contribution < 1.29 is 9.47 Å². The molecule has 0 atom stereocenters. The molecule has 0 fully saturated rings. The molecule has 6 heteroatoms. The fourth-order valence-corrected chi connectivity index (χ4v) is 3.70. The Morgan fingerprint density at radius 2 is 0.941 bits per heavy atom. The van der Waals surface area contributed by atoms with Crippen LogP contribution in [-0.2, 0) is 0 Å². The van der Waals surface area contributed by atoms with Crippen LogP contribution in [0.4, 0.5) is 0 Å². The Labute approximate surface area is 195 Å². The average Bonchev–Trinajstić information content (AvgIpc) is 2.86. The first-order chi connectivity index (χ1) is 16.7. The first-order valence-corrected chi connectivity index (χ1v) is 10.4. The molecule has 34 heavy (non-hydrogen) atoms. The van der Waals surface area contributed by atoms with Gasteiger partial charge in [0.15, 0.2) is 11.5 Å². The van der Waals surface area contributed by atoms with Gasteiger partial charge in [0.2, 0.25) is 12.4 Å². The second-order valence-corrected chi connectivity index (χ2v) is 7.43. The van der Waals surface area contributed by atoms with Gasteiger partial charge in [0.05, 0.1) is 0 Å². The van der Waals surface area contributed by atoms with Crippen molar-refractivity contribution in [2.75, 3.05) is 0 Å². The topological polar surface area (TPSA) is 90.8 Å². The number of nitrogens with zero attached hydrogens (tertiary/aromatic N) is 4. The molecule has 0 radical (unpaired) electrons. The van der Waals surface area contributed by atoms with Gasteiger partial charge in [0, 0.05) is 12.2 Å². The standard InChI is InChI=1S/C28H16N4O2/c29-17-31-25-16-28(34-24-12-10-20-6-2-4-8-22(20)14-24)26(32-18-30)15-27(25)33-23-11-9-19-5-1-3-7-21(19)13-23/h1-16H/b31-25-,32-26-. The zero-order chi connectivity index (χ0) is 23.3. The third-order valence-electron chi connectivity index (χ3n) is 5.28. The highest BCUT2D eigenvalue weighted by Gasteiger charge is 2.22. The Bertz CT molecular complexity index is 1510. The van der Waals surface area contributed by atoms with E-state index in [0.29, 0.717) is 11.5 Å². The van der Waals surface area contributed by atoms with Crippen molar-refractivity contribution in [3.8, 4) is 23.9 Å². The highest BCUT2D eigenvalue weighted by molar-refractivity contribution is 6.22. The number of fused-ring (bicyclic) bond motifs is 2. The van der Waals surface area contributed by atoms with E-state index in [1.54, 1.807) is 24.5 Å². The Hall–Kier alpha value is -5.20. The van der Waals surface area contributed by atoms with E-state index in [1.807, 2.05) is 84.9 Å². The minimum Gasteiger partial charge on any atom is -0.455 e. The van der Waals surface area contributed by atoms with Gasteiger partial charge < -0.3 is 9.47 Å². The van der Waals surface area contributed by atoms with Crippen molar-refractivity contribution in [3.05, 3.63) is 109 Å². The summed E-state index contributed by atoms with van der Waals surface area (Å²) in [7, 11) is 0. The van der Waals surface area contributed by atoms with Crippen LogP contribution >= 0.6 is 0 Å². The van der Waals surface area contributed by atoms with Crippen LogP contribution in [-0.4, -0.2) is 11.4 Å². The predicted octanol–water partition coefficient (Wildman–Crippen LogP) is 6.08. The van der Waals surface area contributed by atoms with E-state index in [4.69, 9.17) is 9.47 Å². The molecule has 0 bridgehead atoms. The molecule has 0 saturated carbocycles. The quantitative estimate of drug-likeness (QED) is 0.284. The van der Waals surface area contributed by atoms with Crippen LogP contribution in [0, 0.1) is 22.9 Å². The van der Waals surface area contributed by atoms with Crippen molar-refractivity contribution >= 4 is 33.0 Å². The second-order valence-electron chi connectivity index (χ2n) is 7.43. The van der Waals surface area contributed by atoms with Crippen LogP contribution in [0.1, 0.15) is 0 Å². The molecule has 5 rings (SSSR count). The summed E-state index contributed by atoms with van der Waals surface area (Å²) in [6.45, 7) is 0. The van der Waals surface area contributed by atoms with Crippen molar-refractivity contribution in [1.82, 2.24) is 0 Å². The van der Waals surface area contributed by atoms with E-state index in [-0.39, 0.29) is 22.9 Å². The second kappa shape index (κ2) is 9.12. The predicted molar refractivity (Wildman–Crippen MR) is 131 cm³/mol. The first kappa shape index (κ1) is 20.7. The van der Waals surface area contributed by atoms with Gasteiger partial charge in [-0.1, -0.05) is 60.7 Å². The molecule has 0 amide bonds. The van der Waals surface area contributed by atoms with Crippen LogP contribution in [0.2, 0.25) is 0 Å². The number of aliphatic imine (C=N–C) groups is 2. The largest absolute Gasteiger partial charge is 0.455 e. The summed E-state index contributed by atoms with van der Waals surface area (Å²) in [4.78, 5) is 7.79. The highest BCUT2D eigenvalue weighted by Crippen LogP contribution is 2.27. The zero-order valence-electron chi connectivity index (χ0n) is 17.8. The molecule has 0 aliphatic heterocycles. The molecule has 0 aromatic heterocycles. The summed E-state index contributed by atoms with van der Waals surface area (Å²) in [6, 6.07) is 27.2. The summed E-state index contributed by atoms with van der Waals surface area (Å²) in [5.74, 6) is 1.71. The van der Waals surface area contributed by atoms with E-state index in [2.05, 4.69) is 9.98 Å². The molecule has 160 valence electrons.